The number of hydrogen-bond acceptors (Lipinski definition) is 4. The van der Waals surface area contributed by atoms with Crippen LogP contribution in [0.15, 0.2) is 0 Å². The third-order valence-electron chi connectivity index (χ3n) is 2.91. The Labute approximate surface area is 117 Å². The number of nitrogens with one attached hydrogen (secondary N) is 2. The molecule has 20 heavy (non-hydrogen) atoms. The number of rotatable bonds is 5. The van der Waals surface area contributed by atoms with Crippen molar-refractivity contribution in [1.29, 1.82) is 0 Å². The second kappa shape index (κ2) is 6.56. The monoisotopic (exact) mass is 287 g/mol. The van der Waals surface area contributed by atoms with E-state index in [9.17, 15) is 14.4 Å². The summed E-state index contributed by atoms with van der Waals surface area (Å²) in [7, 11) is 1.52. The summed E-state index contributed by atoms with van der Waals surface area (Å²) in [5.41, 5.74) is -0.604. The van der Waals surface area contributed by atoms with E-state index >= 15 is 0 Å². The van der Waals surface area contributed by atoms with E-state index in [0.29, 0.717) is 13.2 Å². The minimum Gasteiger partial charge on any atom is -0.481 e. The minimum absolute atomic E-state index is 0.276. The SMILES string of the molecule is COCC(C)(C)NC(=O)N1CCNC(=O)C1CC(=O)O. The topological polar surface area (TPSA) is 108 Å². The third kappa shape index (κ3) is 4.37. The fourth-order valence-corrected chi connectivity index (χ4v) is 2.08. The van der Waals surface area contributed by atoms with E-state index in [4.69, 9.17) is 9.84 Å². The van der Waals surface area contributed by atoms with Gasteiger partial charge in [0.05, 0.1) is 18.6 Å². The van der Waals surface area contributed by atoms with Gasteiger partial charge in [-0.1, -0.05) is 0 Å². The van der Waals surface area contributed by atoms with Gasteiger partial charge in [-0.3, -0.25) is 9.59 Å². The normalized spacial score (nSPS) is 19.4. The first-order valence-electron chi connectivity index (χ1n) is 6.34. The summed E-state index contributed by atoms with van der Waals surface area (Å²) in [5, 5.41) is 14.1. The predicted octanol–water partition coefficient (Wildman–Crippen LogP) is -0.604. The summed E-state index contributed by atoms with van der Waals surface area (Å²) in [6.07, 6.45) is -0.413. The van der Waals surface area contributed by atoms with Gasteiger partial charge in [0, 0.05) is 20.2 Å². The summed E-state index contributed by atoms with van der Waals surface area (Å²) in [6.45, 7) is 4.46. The van der Waals surface area contributed by atoms with Crippen molar-refractivity contribution in [3.05, 3.63) is 0 Å². The van der Waals surface area contributed by atoms with E-state index in [2.05, 4.69) is 10.6 Å². The average molecular weight is 287 g/mol. The number of piperazine rings is 1. The number of urea groups is 1. The fraction of sp³-hybridized carbons (Fsp3) is 0.750. The van der Waals surface area contributed by atoms with Crippen molar-refractivity contribution in [1.82, 2.24) is 15.5 Å². The molecule has 1 aliphatic heterocycles. The number of hydrogen-bond donors (Lipinski definition) is 3. The molecule has 0 aliphatic carbocycles. The summed E-state index contributed by atoms with van der Waals surface area (Å²) >= 11 is 0. The molecular formula is C12H21N3O5. The summed E-state index contributed by atoms with van der Waals surface area (Å²) < 4.78 is 5.00. The maximum absolute atomic E-state index is 12.2. The molecule has 3 amide bonds. The molecule has 0 spiro atoms. The Morgan fingerprint density at radius 3 is 2.75 bits per heavy atom. The second-order valence-corrected chi connectivity index (χ2v) is 5.35. The van der Waals surface area contributed by atoms with Crippen LogP contribution in [0.3, 0.4) is 0 Å². The van der Waals surface area contributed by atoms with Crippen molar-refractivity contribution < 1.29 is 24.2 Å². The number of carboxylic acid groups (broad SMARTS) is 1. The van der Waals surface area contributed by atoms with Gasteiger partial charge in [0.15, 0.2) is 0 Å². The molecule has 0 bridgehead atoms. The van der Waals surface area contributed by atoms with Gasteiger partial charge < -0.3 is 25.4 Å². The molecule has 1 unspecified atom stereocenters. The average Bonchev–Trinajstić information content (AvgIpc) is 2.30. The van der Waals surface area contributed by atoms with Gasteiger partial charge in [-0.15, -0.1) is 0 Å². The Bertz CT molecular complexity index is 397. The van der Waals surface area contributed by atoms with E-state index in [1.54, 1.807) is 13.8 Å². The zero-order valence-corrected chi connectivity index (χ0v) is 11.9. The molecule has 8 heteroatoms. The van der Waals surface area contributed by atoms with Crippen LogP contribution in [-0.2, 0) is 14.3 Å². The number of carboxylic acids is 1. The zero-order valence-electron chi connectivity index (χ0n) is 11.9. The molecule has 114 valence electrons. The molecule has 0 radical (unpaired) electrons. The van der Waals surface area contributed by atoms with Crippen molar-refractivity contribution in [2.24, 2.45) is 0 Å². The van der Waals surface area contributed by atoms with Gasteiger partial charge in [-0.05, 0) is 13.8 Å². The van der Waals surface area contributed by atoms with Gasteiger partial charge >= 0.3 is 12.0 Å². The molecule has 1 aliphatic rings. The number of methoxy groups -OCH3 is 1. The first-order chi connectivity index (χ1) is 9.26. The van der Waals surface area contributed by atoms with Crippen LogP contribution in [-0.4, -0.2) is 66.3 Å². The maximum Gasteiger partial charge on any atom is 0.318 e. The molecule has 1 rings (SSSR count). The van der Waals surface area contributed by atoms with Crippen LogP contribution >= 0.6 is 0 Å². The van der Waals surface area contributed by atoms with Gasteiger partial charge in [0.2, 0.25) is 5.91 Å². The number of carbonyl (C=O) groups is 3. The van der Waals surface area contributed by atoms with Crippen molar-refractivity contribution in [2.75, 3.05) is 26.8 Å². The van der Waals surface area contributed by atoms with Crippen LogP contribution in [0.4, 0.5) is 4.79 Å². The van der Waals surface area contributed by atoms with Crippen LogP contribution in [0.2, 0.25) is 0 Å². The van der Waals surface area contributed by atoms with Crippen molar-refractivity contribution >= 4 is 17.9 Å². The first-order valence-corrected chi connectivity index (χ1v) is 6.34. The lowest BCUT2D eigenvalue weighted by molar-refractivity contribution is -0.142. The molecule has 3 N–H and O–H groups in total. The number of amides is 3. The lowest BCUT2D eigenvalue weighted by Crippen LogP contribution is -2.62. The predicted molar refractivity (Wildman–Crippen MR) is 70.2 cm³/mol. The Morgan fingerprint density at radius 1 is 1.55 bits per heavy atom. The highest BCUT2D eigenvalue weighted by molar-refractivity contribution is 5.91. The van der Waals surface area contributed by atoms with Crippen molar-refractivity contribution in [2.45, 2.75) is 31.8 Å². The Kier molecular flexibility index (Phi) is 5.32. The van der Waals surface area contributed by atoms with Crippen LogP contribution < -0.4 is 10.6 Å². The molecule has 1 fully saturated rings. The molecule has 1 atom stereocenters. The Hall–Kier alpha value is -1.83. The standard InChI is InChI=1S/C12H21N3O5/c1-12(2,7-20-3)14-11(19)15-5-4-13-10(18)8(15)6-9(16)17/h8H,4-7H2,1-3H3,(H,13,18)(H,14,19)(H,16,17). The van der Waals surface area contributed by atoms with Gasteiger partial charge in [0.1, 0.15) is 6.04 Å². The smallest absolute Gasteiger partial charge is 0.318 e. The molecule has 0 aromatic heterocycles. The molecular weight excluding hydrogens is 266 g/mol. The number of carbonyl (C=O) groups excluding carboxylic acids is 2. The first kappa shape index (κ1) is 16.2. The van der Waals surface area contributed by atoms with Crippen molar-refractivity contribution in [3.8, 4) is 0 Å². The lowest BCUT2D eigenvalue weighted by Gasteiger charge is -2.37. The zero-order chi connectivity index (χ0) is 15.3. The number of nitrogens with zero attached hydrogens (tertiary/aromatic N) is 1. The molecule has 0 aromatic rings. The van der Waals surface area contributed by atoms with Crippen LogP contribution in [0, 0.1) is 0 Å². The highest BCUT2D eigenvalue weighted by atomic mass is 16.5. The number of ether oxygens (including phenoxy) is 1. The lowest BCUT2D eigenvalue weighted by atomic mass is 10.1. The minimum atomic E-state index is -1.12. The van der Waals surface area contributed by atoms with Crippen molar-refractivity contribution in [3.63, 3.8) is 0 Å². The molecule has 0 aromatic carbocycles. The Balaban J connectivity index is 2.77. The maximum atomic E-state index is 12.2. The van der Waals surface area contributed by atoms with Gasteiger partial charge in [0.25, 0.3) is 0 Å². The van der Waals surface area contributed by atoms with E-state index in [1.807, 2.05) is 0 Å². The summed E-state index contributed by atoms with van der Waals surface area (Å²) in [6, 6.07) is -1.45. The summed E-state index contributed by atoms with van der Waals surface area (Å²) in [5.74, 6) is -1.57. The second-order valence-electron chi connectivity index (χ2n) is 5.35. The van der Waals surface area contributed by atoms with Crippen LogP contribution in [0.1, 0.15) is 20.3 Å². The molecule has 1 heterocycles. The highest BCUT2D eigenvalue weighted by Gasteiger charge is 2.36. The quantitative estimate of drug-likeness (QED) is 0.625. The highest BCUT2D eigenvalue weighted by Crippen LogP contribution is 2.11. The van der Waals surface area contributed by atoms with E-state index in [-0.39, 0.29) is 6.54 Å². The largest absolute Gasteiger partial charge is 0.481 e. The summed E-state index contributed by atoms with van der Waals surface area (Å²) in [4.78, 5) is 36.0. The van der Waals surface area contributed by atoms with Crippen LogP contribution in [0.25, 0.3) is 0 Å². The van der Waals surface area contributed by atoms with E-state index in [0.717, 1.165) is 0 Å². The van der Waals surface area contributed by atoms with E-state index in [1.165, 1.54) is 12.0 Å². The van der Waals surface area contributed by atoms with Gasteiger partial charge in [-0.2, -0.15) is 0 Å². The Morgan fingerprint density at radius 2 is 2.20 bits per heavy atom. The molecule has 1 saturated heterocycles. The fourth-order valence-electron chi connectivity index (χ4n) is 2.08. The van der Waals surface area contributed by atoms with Crippen LogP contribution in [0.5, 0.6) is 0 Å². The van der Waals surface area contributed by atoms with Gasteiger partial charge in [-0.25, -0.2) is 4.79 Å². The van der Waals surface area contributed by atoms with E-state index < -0.39 is 35.9 Å². The third-order valence-corrected chi connectivity index (χ3v) is 2.91. The molecule has 8 nitrogen and oxygen atoms in total. The number of aliphatic carboxylic acids is 1. The molecule has 0 saturated carbocycles.